The number of amides is 2. The van der Waals surface area contributed by atoms with Crippen LogP contribution in [0.4, 0.5) is 10.5 Å². The van der Waals surface area contributed by atoms with E-state index in [0.717, 1.165) is 43.4 Å². The van der Waals surface area contributed by atoms with E-state index >= 15 is 0 Å². The lowest BCUT2D eigenvalue weighted by Crippen LogP contribution is -2.52. The number of anilines is 1. The van der Waals surface area contributed by atoms with E-state index < -0.39 is 11.5 Å². The highest BCUT2D eigenvalue weighted by Crippen LogP contribution is 2.31. The Balaban J connectivity index is 2.04. The largest absolute Gasteiger partial charge is 0.481 e. The van der Waals surface area contributed by atoms with Gasteiger partial charge in [-0.1, -0.05) is 37.5 Å². The van der Waals surface area contributed by atoms with Gasteiger partial charge in [0.25, 0.3) is 0 Å². The van der Waals surface area contributed by atoms with Crippen LogP contribution in [0.25, 0.3) is 0 Å². The zero-order valence-corrected chi connectivity index (χ0v) is 12.3. The van der Waals surface area contributed by atoms with Crippen LogP contribution < -0.4 is 10.6 Å². The van der Waals surface area contributed by atoms with Crippen LogP contribution in [0.5, 0.6) is 0 Å². The molecule has 21 heavy (non-hydrogen) atoms. The molecule has 3 N–H and O–H groups in total. The fourth-order valence-electron chi connectivity index (χ4n) is 2.97. The van der Waals surface area contributed by atoms with Gasteiger partial charge in [-0.3, -0.25) is 4.79 Å². The Kier molecular flexibility index (Phi) is 4.83. The lowest BCUT2D eigenvalue weighted by atomic mass is 9.79. The number of carboxylic acid groups (broad SMARTS) is 1. The molecule has 5 heteroatoms. The summed E-state index contributed by atoms with van der Waals surface area (Å²) >= 11 is 0. The Bertz CT molecular complexity index is 522. The number of hydrogen-bond donors (Lipinski definition) is 3. The summed E-state index contributed by atoms with van der Waals surface area (Å²) in [6.07, 6.45) is 4.44. The third-order valence-corrected chi connectivity index (χ3v) is 4.07. The molecule has 0 aromatic heterocycles. The zero-order chi connectivity index (χ0) is 15.3. The summed E-state index contributed by atoms with van der Waals surface area (Å²) < 4.78 is 0. The standard InChI is InChI=1S/C16H22N2O3/c1-12-7-3-4-8-13(12)17-15(21)18-16(11-14(19)20)9-5-2-6-10-16/h3-4,7-8H,2,5-6,9-11H2,1H3,(H,19,20)(H2,17,18,21). The number of para-hydroxylation sites is 1. The molecule has 0 heterocycles. The molecular formula is C16H22N2O3. The SMILES string of the molecule is Cc1ccccc1NC(=O)NC1(CC(=O)O)CCCCC1. The maximum Gasteiger partial charge on any atom is 0.319 e. The molecule has 1 aromatic carbocycles. The van der Waals surface area contributed by atoms with Gasteiger partial charge in [0.1, 0.15) is 0 Å². The summed E-state index contributed by atoms with van der Waals surface area (Å²) in [4.78, 5) is 23.3. The Morgan fingerprint density at radius 1 is 1.19 bits per heavy atom. The minimum Gasteiger partial charge on any atom is -0.481 e. The molecule has 114 valence electrons. The molecule has 1 aliphatic rings. The van der Waals surface area contributed by atoms with Crippen molar-refractivity contribution in [1.82, 2.24) is 5.32 Å². The maximum absolute atomic E-state index is 12.2. The van der Waals surface area contributed by atoms with Gasteiger partial charge in [-0.15, -0.1) is 0 Å². The van der Waals surface area contributed by atoms with Crippen LogP contribution in [0, 0.1) is 6.92 Å². The lowest BCUT2D eigenvalue weighted by molar-refractivity contribution is -0.138. The second-order valence-electron chi connectivity index (χ2n) is 5.81. The number of urea groups is 1. The number of carbonyl (C=O) groups is 2. The van der Waals surface area contributed by atoms with Crippen molar-refractivity contribution in [3.05, 3.63) is 29.8 Å². The first-order valence-electron chi connectivity index (χ1n) is 7.37. The van der Waals surface area contributed by atoms with Crippen LogP contribution in [0.1, 0.15) is 44.1 Å². The van der Waals surface area contributed by atoms with Gasteiger partial charge in [-0.2, -0.15) is 0 Å². The number of aryl methyl sites for hydroxylation is 1. The highest BCUT2D eigenvalue weighted by atomic mass is 16.4. The van der Waals surface area contributed by atoms with E-state index in [2.05, 4.69) is 10.6 Å². The minimum absolute atomic E-state index is 0.0197. The molecule has 0 atom stereocenters. The first-order chi connectivity index (χ1) is 10.0. The van der Waals surface area contributed by atoms with E-state index in [-0.39, 0.29) is 12.5 Å². The Morgan fingerprint density at radius 3 is 2.48 bits per heavy atom. The van der Waals surface area contributed by atoms with Gasteiger partial charge in [-0.05, 0) is 31.4 Å². The van der Waals surface area contributed by atoms with Gasteiger partial charge in [0.15, 0.2) is 0 Å². The number of nitrogens with one attached hydrogen (secondary N) is 2. The average Bonchev–Trinajstić information content (AvgIpc) is 2.41. The minimum atomic E-state index is -0.868. The van der Waals surface area contributed by atoms with Gasteiger partial charge in [-0.25, -0.2) is 4.79 Å². The van der Waals surface area contributed by atoms with Crippen molar-refractivity contribution in [3.8, 4) is 0 Å². The highest BCUT2D eigenvalue weighted by molar-refractivity contribution is 5.91. The number of aliphatic carboxylic acids is 1. The molecule has 0 unspecified atom stereocenters. The molecule has 0 radical (unpaired) electrons. The van der Waals surface area contributed by atoms with E-state index in [1.54, 1.807) is 0 Å². The van der Waals surface area contributed by atoms with Crippen molar-refractivity contribution >= 4 is 17.7 Å². The second-order valence-corrected chi connectivity index (χ2v) is 5.81. The summed E-state index contributed by atoms with van der Waals surface area (Å²) in [5.41, 5.74) is 1.11. The van der Waals surface area contributed by atoms with Crippen LogP contribution in [-0.4, -0.2) is 22.6 Å². The Hall–Kier alpha value is -2.04. The topological polar surface area (TPSA) is 78.4 Å². The number of carboxylic acids is 1. The van der Waals surface area contributed by atoms with E-state index in [1.807, 2.05) is 31.2 Å². The normalized spacial score (nSPS) is 17.0. The first kappa shape index (κ1) is 15.4. The molecular weight excluding hydrogens is 268 g/mol. The molecule has 2 amide bonds. The van der Waals surface area contributed by atoms with E-state index in [9.17, 15) is 9.59 Å². The predicted octanol–water partition coefficient (Wildman–Crippen LogP) is 3.29. The molecule has 1 aliphatic carbocycles. The van der Waals surface area contributed by atoms with Crippen LogP contribution in [0.2, 0.25) is 0 Å². The maximum atomic E-state index is 12.2. The quantitative estimate of drug-likeness (QED) is 0.796. The van der Waals surface area contributed by atoms with Gasteiger partial charge in [0.05, 0.1) is 12.0 Å². The second kappa shape index (κ2) is 6.61. The van der Waals surface area contributed by atoms with Crippen molar-refractivity contribution in [2.75, 3.05) is 5.32 Å². The monoisotopic (exact) mass is 290 g/mol. The summed E-state index contributed by atoms with van der Waals surface area (Å²) in [5, 5.41) is 14.8. The molecule has 0 spiro atoms. The number of hydrogen-bond acceptors (Lipinski definition) is 2. The molecule has 2 rings (SSSR count). The molecule has 0 aliphatic heterocycles. The average molecular weight is 290 g/mol. The molecule has 5 nitrogen and oxygen atoms in total. The van der Waals surface area contributed by atoms with Crippen molar-refractivity contribution < 1.29 is 14.7 Å². The van der Waals surface area contributed by atoms with E-state index in [1.165, 1.54) is 0 Å². The molecule has 1 saturated carbocycles. The van der Waals surface area contributed by atoms with Gasteiger partial charge >= 0.3 is 12.0 Å². The third-order valence-electron chi connectivity index (χ3n) is 4.07. The Labute approximate surface area is 124 Å². The van der Waals surface area contributed by atoms with Gasteiger partial charge in [0, 0.05) is 5.69 Å². The van der Waals surface area contributed by atoms with Crippen molar-refractivity contribution in [2.45, 2.75) is 51.0 Å². The smallest absolute Gasteiger partial charge is 0.319 e. The first-order valence-corrected chi connectivity index (χ1v) is 7.37. The molecule has 0 bridgehead atoms. The fourth-order valence-corrected chi connectivity index (χ4v) is 2.97. The van der Waals surface area contributed by atoms with Gasteiger partial charge in [0.2, 0.25) is 0 Å². The van der Waals surface area contributed by atoms with Crippen molar-refractivity contribution in [1.29, 1.82) is 0 Å². The van der Waals surface area contributed by atoms with E-state index in [0.29, 0.717) is 0 Å². The fraction of sp³-hybridized carbons (Fsp3) is 0.500. The van der Waals surface area contributed by atoms with Crippen LogP contribution in [-0.2, 0) is 4.79 Å². The highest BCUT2D eigenvalue weighted by Gasteiger charge is 2.35. The van der Waals surface area contributed by atoms with Gasteiger partial charge < -0.3 is 15.7 Å². The van der Waals surface area contributed by atoms with Crippen LogP contribution >= 0.6 is 0 Å². The summed E-state index contributed by atoms with van der Waals surface area (Å²) in [7, 11) is 0. The summed E-state index contributed by atoms with van der Waals surface area (Å²) in [5.74, 6) is -0.868. The predicted molar refractivity (Wildman–Crippen MR) is 81.4 cm³/mol. The number of carbonyl (C=O) groups excluding carboxylic acids is 1. The lowest BCUT2D eigenvalue weighted by Gasteiger charge is -2.37. The van der Waals surface area contributed by atoms with Crippen LogP contribution in [0.3, 0.4) is 0 Å². The van der Waals surface area contributed by atoms with Crippen molar-refractivity contribution in [2.24, 2.45) is 0 Å². The third kappa shape index (κ3) is 4.21. The Morgan fingerprint density at radius 2 is 1.86 bits per heavy atom. The molecule has 1 fully saturated rings. The summed E-state index contributed by atoms with van der Waals surface area (Å²) in [6.45, 7) is 1.92. The van der Waals surface area contributed by atoms with E-state index in [4.69, 9.17) is 5.11 Å². The zero-order valence-electron chi connectivity index (χ0n) is 12.3. The molecule has 1 aromatic rings. The van der Waals surface area contributed by atoms with Crippen LogP contribution in [0.15, 0.2) is 24.3 Å². The summed E-state index contributed by atoms with van der Waals surface area (Å²) in [6, 6.07) is 7.19. The molecule has 0 saturated heterocycles. The number of rotatable bonds is 4. The van der Waals surface area contributed by atoms with Crippen molar-refractivity contribution in [3.63, 3.8) is 0 Å². The number of benzene rings is 1.